The SMILES string of the molecule is C#C.CCCNc1nc(F)ncc1C(=O)Nc1cccc(NC(=O)CNC(=O)/C=C/CN(C)C)c1. The molecule has 0 aliphatic heterocycles. The largest absolute Gasteiger partial charge is 0.369 e. The number of rotatable bonds is 11. The molecule has 0 aliphatic rings. The van der Waals surface area contributed by atoms with Crippen LogP contribution in [0.2, 0.25) is 0 Å². The molecular formula is C24H30FN7O3. The molecule has 10 nitrogen and oxygen atoms in total. The zero-order valence-corrected chi connectivity index (χ0v) is 20.0. The third-order valence-electron chi connectivity index (χ3n) is 4.11. The first-order valence-electron chi connectivity index (χ1n) is 10.7. The zero-order chi connectivity index (χ0) is 26.2. The number of nitrogens with one attached hydrogen (secondary N) is 4. The maximum absolute atomic E-state index is 13.4. The molecule has 0 aliphatic carbocycles. The smallest absolute Gasteiger partial charge is 0.310 e. The van der Waals surface area contributed by atoms with E-state index in [0.29, 0.717) is 24.5 Å². The van der Waals surface area contributed by atoms with Crippen LogP contribution in [0.5, 0.6) is 0 Å². The highest BCUT2D eigenvalue weighted by atomic mass is 19.1. The average molecular weight is 484 g/mol. The van der Waals surface area contributed by atoms with E-state index in [2.05, 4.69) is 44.1 Å². The Kier molecular flexibility index (Phi) is 12.7. The highest BCUT2D eigenvalue weighted by Gasteiger charge is 2.15. The third kappa shape index (κ3) is 10.9. The summed E-state index contributed by atoms with van der Waals surface area (Å²) >= 11 is 0. The van der Waals surface area contributed by atoms with Crippen molar-refractivity contribution >= 4 is 34.9 Å². The van der Waals surface area contributed by atoms with E-state index in [1.54, 1.807) is 30.3 Å². The van der Waals surface area contributed by atoms with Crippen molar-refractivity contribution in [1.82, 2.24) is 20.2 Å². The second-order valence-corrected chi connectivity index (χ2v) is 7.29. The molecule has 0 radical (unpaired) electrons. The van der Waals surface area contributed by atoms with Gasteiger partial charge in [-0.15, -0.1) is 12.8 Å². The van der Waals surface area contributed by atoms with Crippen molar-refractivity contribution < 1.29 is 18.8 Å². The molecule has 0 bridgehead atoms. The van der Waals surface area contributed by atoms with Crippen LogP contribution < -0.4 is 21.3 Å². The number of amides is 3. The fraction of sp³-hybridized carbons (Fsp3) is 0.292. The van der Waals surface area contributed by atoms with Crippen LogP contribution >= 0.6 is 0 Å². The van der Waals surface area contributed by atoms with Crippen molar-refractivity contribution in [2.45, 2.75) is 13.3 Å². The minimum Gasteiger partial charge on any atom is -0.369 e. The Morgan fingerprint density at radius 2 is 1.83 bits per heavy atom. The topological polar surface area (TPSA) is 128 Å². The monoisotopic (exact) mass is 483 g/mol. The summed E-state index contributed by atoms with van der Waals surface area (Å²) in [6.45, 7) is 2.84. The van der Waals surface area contributed by atoms with Gasteiger partial charge in [0.15, 0.2) is 0 Å². The van der Waals surface area contributed by atoms with Crippen LogP contribution in [0.1, 0.15) is 23.7 Å². The Balaban J connectivity index is 0.00000298. The number of halogens is 1. The van der Waals surface area contributed by atoms with Gasteiger partial charge in [0.05, 0.1) is 6.54 Å². The van der Waals surface area contributed by atoms with E-state index in [-0.39, 0.29) is 23.8 Å². The maximum atomic E-state index is 13.4. The Morgan fingerprint density at radius 3 is 2.49 bits per heavy atom. The predicted octanol–water partition coefficient (Wildman–Crippen LogP) is 2.11. The molecule has 0 atom stereocenters. The van der Waals surface area contributed by atoms with Crippen molar-refractivity contribution in [3.63, 3.8) is 0 Å². The number of terminal acetylenes is 1. The molecule has 1 aromatic carbocycles. The van der Waals surface area contributed by atoms with Crippen molar-refractivity contribution in [1.29, 1.82) is 0 Å². The molecule has 0 saturated heterocycles. The molecule has 2 rings (SSSR count). The summed E-state index contributed by atoms with van der Waals surface area (Å²) in [6, 6.07) is 6.47. The molecule has 186 valence electrons. The molecule has 35 heavy (non-hydrogen) atoms. The van der Waals surface area contributed by atoms with E-state index in [0.717, 1.165) is 12.6 Å². The van der Waals surface area contributed by atoms with Crippen LogP contribution in [-0.4, -0.2) is 66.3 Å². The van der Waals surface area contributed by atoms with E-state index < -0.39 is 17.9 Å². The lowest BCUT2D eigenvalue weighted by Crippen LogP contribution is -2.31. The second-order valence-electron chi connectivity index (χ2n) is 7.29. The van der Waals surface area contributed by atoms with Gasteiger partial charge in [-0.3, -0.25) is 14.4 Å². The Labute approximate surface area is 204 Å². The van der Waals surface area contributed by atoms with Gasteiger partial charge in [-0.05, 0) is 38.7 Å². The zero-order valence-electron chi connectivity index (χ0n) is 20.0. The first kappa shape index (κ1) is 28.7. The van der Waals surface area contributed by atoms with E-state index in [1.807, 2.05) is 25.9 Å². The van der Waals surface area contributed by atoms with Crippen LogP contribution in [0.4, 0.5) is 21.6 Å². The van der Waals surface area contributed by atoms with Gasteiger partial charge < -0.3 is 26.2 Å². The summed E-state index contributed by atoms with van der Waals surface area (Å²) in [5.41, 5.74) is 0.915. The van der Waals surface area contributed by atoms with Crippen LogP contribution in [0, 0.1) is 18.9 Å². The second kappa shape index (κ2) is 15.5. The van der Waals surface area contributed by atoms with Crippen molar-refractivity contribution in [2.75, 3.05) is 49.7 Å². The summed E-state index contributed by atoms with van der Waals surface area (Å²) in [4.78, 5) is 45.5. The summed E-state index contributed by atoms with van der Waals surface area (Å²) in [7, 11) is 3.75. The fourth-order valence-electron chi connectivity index (χ4n) is 2.58. The first-order valence-corrected chi connectivity index (χ1v) is 10.7. The van der Waals surface area contributed by atoms with Gasteiger partial charge in [-0.2, -0.15) is 9.37 Å². The van der Waals surface area contributed by atoms with Gasteiger partial charge in [0.25, 0.3) is 5.91 Å². The van der Waals surface area contributed by atoms with Crippen molar-refractivity contribution in [3.05, 3.63) is 54.3 Å². The molecule has 3 amide bonds. The van der Waals surface area contributed by atoms with Crippen LogP contribution in [0.15, 0.2) is 42.6 Å². The molecule has 2 aromatic rings. The standard InChI is InChI=1S/C22H28FN7O3.C2H2/c1-4-10-24-20-17(13-26-22(23)29-20)21(33)28-16-8-5-7-15(12-16)27-19(32)14-25-18(31)9-6-11-30(2)3;1-2/h5-9,12-13H,4,10-11,14H2,1-3H3,(H,25,31)(H,27,32)(H,28,33)(H,24,26,29);1-2H/b9-6+;. The quantitative estimate of drug-likeness (QED) is 0.219. The lowest BCUT2D eigenvalue weighted by Gasteiger charge is -2.12. The number of hydrogen-bond acceptors (Lipinski definition) is 7. The molecule has 0 fully saturated rings. The molecule has 0 unspecified atom stereocenters. The van der Waals surface area contributed by atoms with Gasteiger partial charge in [-0.1, -0.05) is 19.1 Å². The summed E-state index contributed by atoms with van der Waals surface area (Å²) in [5.74, 6) is -1.23. The highest BCUT2D eigenvalue weighted by molar-refractivity contribution is 6.07. The summed E-state index contributed by atoms with van der Waals surface area (Å²) < 4.78 is 13.4. The number of carbonyl (C=O) groups excluding carboxylic acids is 3. The number of carbonyl (C=O) groups is 3. The molecular weight excluding hydrogens is 453 g/mol. The van der Waals surface area contributed by atoms with Gasteiger partial charge in [0.1, 0.15) is 11.4 Å². The van der Waals surface area contributed by atoms with Gasteiger partial charge in [0, 0.05) is 36.7 Å². The summed E-state index contributed by atoms with van der Waals surface area (Å²) in [5, 5.41) is 10.7. The number of likely N-dealkylation sites (N-methyl/N-ethyl adjacent to an activating group) is 1. The van der Waals surface area contributed by atoms with E-state index >= 15 is 0 Å². The Morgan fingerprint density at radius 1 is 1.14 bits per heavy atom. The van der Waals surface area contributed by atoms with Gasteiger partial charge >= 0.3 is 6.08 Å². The minimum absolute atomic E-state index is 0.0873. The van der Waals surface area contributed by atoms with Gasteiger partial charge in [-0.25, -0.2) is 4.98 Å². The molecule has 1 heterocycles. The lowest BCUT2D eigenvalue weighted by molar-refractivity contribution is -0.121. The maximum Gasteiger partial charge on any atom is 0.310 e. The fourth-order valence-corrected chi connectivity index (χ4v) is 2.58. The number of hydrogen-bond donors (Lipinski definition) is 4. The number of aromatic nitrogens is 2. The van der Waals surface area contributed by atoms with Crippen LogP contribution in [-0.2, 0) is 9.59 Å². The summed E-state index contributed by atoms with van der Waals surface area (Å²) in [6.07, 6.45) is 12.0. The van der Waals surface area contributed by atoms with Crippen LogP contribution in [0.3, 0.4) is 0 Å². The molecule has 1 aromatic heterocycles. The predicted molar refractivity (Wildman–Crippen MR) is 134 cm³/mol. The lowest BCUT2D eigenvalue weighted by atomic mass is 10.2. The van der Waals surface area contributed by atoms with E-state index in [1.165, 1.54) is 6.08 Å². The van der Waals surface area contributed by atoms with E-state index in [9.17, 15) is 18.8 Å². The Hall–Kier alpha value is -4.30. The van der Waals surface area contributed by atoms with Crippen molar-refractivity contribution in [3.8, 4) is 12.8 Å². The minimum atomic E-state index is -0.935. The normalized spacial score (nSPS) is 10.3. The third-order valence-corrected chi connectivity index (χ3v) is 4.11. The number of benzene rings is 1. The molecule has 0 saturated carbocycles. The van der Waals surface area contributed by atoms with Crippen LogP contribution in [0.25, 0.3) is 0 Å². The molecule has 4 N–H and O–H groups in total. The van der Waals surface area contributed by atoms with Gasteiger partial charge in [0.2, 0.25) is 11.8 Å². The van der Waals surface area contributed by atoms with Crippen molar-refractivity contribution in [2.24, 2.45) is 0 Å². The first-order chi connectivity index (χ1) is 16.8. The Bertz CT molecular complexity index is 1050. The average Bonchev–Trinajstić information content (AvgIpc) is 2.82. The van der Waals surface area contributed by atoms with E-state index in [4.69, 9.17) is 0 Å². The number of anilines is 3. The number of nitrogens with zero attached hydrogens (tertiary/aromatic N) is 3. The molecule has 11 heteroatoms. The molecule has 0 spiro atoms. The highest BCUT2D eigenvalue weighted by Crippen LogP contribution is 2.18.